The van der Waals surface area contributed by atoms with E-state index in [1.54, 1.807) is 4.68 Å². The smallest absolute Gasteiger partial charge is 0.323 e. The van der Waals surface area contributed by atoms with Crippen LogP contribution in [0.1, 0.15) is 23.4 Å². The molecule has 0 unspecified atom stereocenters. The van der Waals surface area contributed by atoms with Crippen molar-refractivity contribution in [3.8, 4) is 0 Å². The van der Waals surface area contributed by atoms with Crippen molar-refractivity contribution in [3.05, 3.63) is 17.0 Å². The van der Waals surface area contributed by atoms with E-state index >= 15 is 0 Å². The summed E-state index contributed by atoms with van der Waals surface area (Å²) in [5.74, 6) is -1.17. The maximum absolute atomic E-state index is 11.7. The van der Waals surface area contributed by atoms with Crippen molar-refractivity contribution < 1.29 is 14.7 Å². The molecule has 1 aromatic rings. The second kappa shape index (κ2) is 5.66. The molecule has 0 spiro atoms. The number of nitrogens with zero attached hydrogens (tertiary/aromatic N) is 3. The van der Waals surface area contributed by atoms with Gasteiger partial charge >= 0.3 is 5.97 Å². The van der Waals surface area contributed by atoms with Crippen molar-refractivity contribution >= 4 is 11.9 Å². The van der Waals surface area contributed by atoms with Gasteiger partial charge in [0.05, 0.1) is 5.69 Å². The quantitative estimate of drug-likeness (QED) is 0.829. The Balaban J connectivity index is 2.60. The summed E-state index contributed by atoms with van der Waals surface area (Å²) < 4.78 is 1.79. The van der Waals surface area contributed by atoms with Gasteiger partial charge in [-0.3, -0.25) is 14.3 Å². The van der Waals surface area contributed by atoms with Gasteiger partial charge in [-0.1, -0.05) is 0 Å². The third-order valence-electron chi connectivity index (χ3n) is 3.05. The number of hydrogen-bond acceptors (Lipinski definition) is 3. The second-order valence-corrected chi connectivity index (χ2v) is 4.42. The van der Waals surface area contributed by atoms with Crippen LogP contribution in [0, 0.1) is 13.8 Å². The zero-order valence-electron chi connectivity index (χ0n) is 11.2. The first-order valence-electron chi connectivity index (χ1n) is 5.77. The summed E-state index contributed by atoms with van der Waals surface area (Å²) in [7, 11) is 3.36. The molecular formula is C12H19N3O3. The molecule has 6 heteroatoms. The van der Waals surface area contributed by atoms with E-state index in [0.29, 0.717) is 12.8 Å². The molecule has 0 fully saturated rings. The van der Waals surface area contributed by atoms with E-state index in [-0.39, 0.29) is 12.5 Å². The first-order chi connectivity index (χ1) is 8.32. The van der Waals surface area contributed by atoms with Gasteiger partial charge in [0.1, 0.15) is 6.54 Å². The van der Waals surface area contributed by atoms with Gasteiger partial charge in [0, 0.05) is 26.2 Å². The molecule has 0 aliphatic carbocycles. The van der Waals surface area contributed by atoms with Crippen LogP contribution in [0.5, 0.6) is 0 Å². The highest BCUT2D eigenvalue weighted by molar-refractivity contribution is 5.81. The van der Waals surface area contributed by atoms with Crippen LogP contribution in [0.2, 0.25) is 0 Å². The van der Waals surface area contributed by atoms with Gasteiger partial charge in [-0.05, 0) is 25.8 Å². The number of amides is 1. The lowest BCUT2D eigenvalue weighted by atomic mass is 10.1. The fourth-order valence-corrected chi connectivity index (χ4v) is 1.89. The lowest BCUT2D eigenvalue weighted by Crippen LogP contribution is -2.32. The van der Waals surface area contributed by atoms with Crippen LogP contribution in [0.15, 0.2) is 0 Å². The molecule has 1 aromatic heterocycles. The Morgan fingerprint density at radius 3 is 2.44 bits per heavy atom. The summed E-state index contributed by atoms with van der Waals surface area (Å²) in [6.45, 7) is 3.61. The van der Waals surface area contributed by atoms with Crippen molar-refractivity contribution in [1.29, 1.82) is 0 Å². The standard InChI is InChI=1S/C12H19N3O3/c1-8-10(9(2)15(4)13-8)5-6-11(16)14(3)7-12(17)18/h5-7H2,1-4H3,(H,17,18). The topological polar surface area (TPSA) is 75.4 Å². The van der Waals surface area contributed by atoms with Crippen LogP contribution in [-0.2, 0) is 23.1 Å². The maximum Gasteiger partial charge on any atom is 0.323 e. The van der Waals surface area contributed by atoms with Crippen LogP contribution < -0.4 is 0 Å². The molecule has 0 aliphatic rings. The van der Waals surface area contributed by atoms with Gasteiger partial charge < -0.3 is 10.0 Å². The molecule has 1 amide bonds. The minimum absolute atomic E-state index is 0.167. The third kappa shape index (κ3) is 3.32. The highest BCUT2D eigenvalue weighted by Gasteiger charge is 2.15. The molecule has 18 heavy (non-hydrogen) atoms. The summed E-state index contributed by atoms with van der Waals surface area (Å²) in [5.41, 5.74) is 3.03. The first kappa shape index (κ1) is 14.2. The number of hydrogen-bond donors (Lipinski definition) is 1. The Labute approximate surface area is 106 Å². The highest BCUT2D eigenvalue weighted by atomic mass is 16.4. The van der Waals surface area contributed by atoms with Crippen molar-refractivity contribution in [2.45, 2.75) is 26.7 Å². The van der Waals surface area contributed by atoms with E-state index in [4.69, 9.17) is 5.11 Å². The monoisotopic (exact) mass is 253 g/mol. The van der Waals surface area contributed by atoms with Crippen LogP contribution in [0.3, 0.4) is 0 Å². The summed E-state index contributed by atoms with van der Waals surface area (Å²) in [5, 5.41) is 12.9. The maximum atomic E-state index is 11.7. The van der Waals surface area contributed by atoms with Crippen molar-refractivity contribution in [2.24, 2.45) is 7.05 Å². The normalized spacial score (nSPS) is 10.4. The molecule has 6 nitrogen and oxygen atoms in total. The predicted molar refractivity (Wildman–Crippen MR) is 66.3 cm³/mol. The molecule has 0 aliphatic heterocycles. The molecule has 0 bridgehead atoms. The molecule has 100 valence electrons. The largest absolute Gasteiger partial charge is 0.480 e. The lowest BCUT2D eigenvalue weighted by Gasteiger charge is -2.14. The zero-order valence-corrected chi connectivity index (χ0v) is 11.2. The van der Waals surface area contributed by atoms with Gasteiger partial charge in [0.15, 0.2) is 0 Å². The van der Waals surface area contributed by atoms with E-state index in [1.165, 1.54) is 11.9 Å². The molecule has 0 saturated carbocycles. The minimum Gasteiger partial charge on any atom is -0.480 e. The molecule has 0 aromatic carbocycles. The van der Waals surface area contributed by atoms with E-state index in [2.05, 4.69) is 5.10 Å². The molecule has 1 heterocycles. The SMILES string of the molecule is Cc1nn(C)c(C)c1CCC(=O)N(C)CC(=O)O. The molecule has 0 atom stereocenters. The number of carboxylic acids is 1. The Hall–Kier alpha value is -1.85. The van der Waals surface area contributed by atoms with E-state index in [1.807, 2.05) is 20.9 Å². The number of carbonyl (C=O) groups is 2. The van der Waals surface area contributed by atoms with Gasteiger partial charge in [0.25, 0.3) is 0 Å². The number of likely N-dealkylation sites (N-methyl/N-ethyl adjacent to an activating group) is 1. The number of aromatic nitrogens is 2. The Morgan fingerprint density at radius 2 is 2.00 bits per heavy atom. The Morgan fingerprint density at radius 1 is 1.39 bits per heavy atom. The summed E-state index contributed by atoms with van der Waals surface area (Å²) in [6, 6.07) is 0. The van der Waals surface area contributed by atoms with Crippen LogP contribution in [0.4, 0.5) is 0 Å². The van der Waals surface area contributed by atoms with E-state index < -0.39 is 5.97 Å². The fourth-order valence-electron chi connectivity index (χ4n) is 1.89. The fraction of sp³-hybridized carbons (Fsp3) is 0.583. The summed E-state index contributed by atoms with van der Waals surface area (Å²) >= 11 is 0. The van der Waals surface area contributed by atoms with Gasteiger partial charge in [-0.25, -0.2) is 0 Å². The molecule has 1 rings (SSSR count). The highest BCUT2D eigenvalue weighted by Crippen LogP contribution is 2.14. The minimum atomic E-state index is -1.00. The summed E-state index contributed by atoms with van der Waals surface area (Å²) in [4.78, 5) is 23.4. The Kier molecular flexibility index (Phi) is 4.47. The first-order valence-corrected chi connectivity index (χ1v) is 5.77. The van der Waals surface area contributed by atoms with Crippen LogP contribution >= 0.6 is 0 Å². The van der Waals surface area contributed by atoms with Gasteiger partial charge in [-0.15, -0.1) is 0 Å². The third-order valence-corrected chi connectivity index (χ3v) is 3.05. The van der Waals surface area contributed by atoms with Gasteiger partial charge in [-0.2, -0.15) is 5.10 Å². The number of aryl methyl sites for hydroxylation is 2. The molecular weight excluding hydrogens is 234 g/mol. The average molecular weight is 253 g/mol. The van der Waals surface area contributed by atoms with Crippen molar-refractivity contribution in [3.63, 3.8) is 0 Å². The lowest BCUT2D eigenvalue weighted by molar-refractivity contribution is -0.143. The van der Waals surface area contributed by atoms with Crippen LogP contribution in [0.25, 0.3) is 0 Å². The van der Waals surface area contributed by atoms with Crippen molar-refractivity contribution in [2.75, 3.05) is 13.6 Å². The number of rotatable bonds is 5. The second-order valence-electron chi connectivity index (χ2n) is 4.42. The summed E-state index contributed by atoms with van der Waals surface area (Å²) in [6.07, 6.45) is 0.894. The van der Waals surface area contributed by atoms with Crippen LogP contribution in [-0.4, -0.2) is 45.3 Å². The molecule has 0 radical (unpaired) electrons. The van der Waals surface area contributed by atoms with E-state index in [0.717, 1.165) is 17.0 Å². The van der Waals surface area contributed by atoms with Crippen molar-refractivity contribution in [1.82, 2.24) is 14.7 Å². The molecule has 0 saturated heterocycles. The predicted octanol–water partition coefficient (Wildman–Crippen LogP) is 0.513. The number of carboxylic acid groups (broad SMARTS) is 1. The van der Waals surface area contributed by atoms with E-state index in [9.17, 15) is 9.59 Å². The molecule has 1 N–H and O–H groups in total. The number of aliphatic carboxylic acids is 1. The van der Waals surface area contributed by atoms with Gasteiger partial charge in [0.2, 0.25) is 5.91 Å². The zero-order chi connectivity index (χ0) is 13.9. The Bertz CT molecular complexity index is 465. The average Bonchev–Trinajstić information content (AvgIpc) is 2.49. The number of carbonyl (C=O) groups excluding carboxylic acids is 1.